The lowest BCUT2D eigenvalue weighted by Gasteiger charge is -2.13. The molecule has 0 spiro atoms. The molecule has 29 heavy (non-hydrogen) atoms. The van der Waals surface area contributed by atoms with Gasteiger partial charge in [0.15, 0.2) is 17.2 Å². The van der Waals surface area contributed by atoms with Crippen molar-refractivity contribution in [1.29, 1.82) is 0 Å². The Kier molecular flexibility index (Phi) is 7.29. The molecule has 1 amide bonds. The van der Waals surface area contributed by atoms with Crippen LogP contribution in [0, 0.1) is 0 Å². The third-order valence-electron chi connectivity index (χ3n) is 3.96. The number of thiocarbonyl (C=S) groups is 1. The van der Waals surface area contributed by atoms with E-state index >= 15 is 0 Å². The van der Waals surface area contributed by atoms with Crippen LogP contribution in [0.3, 0.4) is 0 Å². The summed E-state index contributed by atoms with van der Waals surface area (Å²) >= 11 is 19.0. The maximum atomic E-state index is 12.1. The maximum Gasteiger partial charge on any atom is 0.265 e. The third-order valence-corrected chi connectivity index (χ3v) is 6.01. The number of carbonyl (C=O) groups is 1. The number of amides is 1. The Morgan fingerprint density at radius 1 is 1.10 bits per heavy atom. The van der Waals surface area contributed by atoms with Gasteiger partial charge in [-0.2, -0.15) is 0 Å². The molecule has 1 aliphatic rings. The minimum Gasteiger partial charge on any atom is -0.493 e. The fourth-order valence-electron chi connectivity index (χ4n) is 2.53. The minimum atomic E-state index is -0.152. The van der Waals surface area contributed by atoms with Crippen LogP contribution < -0.4 is 14.2 Å². The predicted molar refractivity (Wildman–Crippen MR) is 121 cm³/mol. The average molecular weight is 470 g/mol. The van der Waals surface area contributed by atoms with Crippen molar-refractivity contribution in [3.63, 3.8) is 0 Å². The zero-order chi connectivity index (χ0) is 21.0. The van der Waals surface area contributed by atoms with Crippen molar-refractivity contribution in [2.24, 2.45) is 0 Å². The number of rotatable bonds is 7. The second-order valence-corrected chi connectivity index (χ2v) is 8.39. The summed E-state index contributed by atoms with van der Waals surface area (Å²) in [4.78, 5) is 14.1. The molecule has 3 rings (SSSR count). The normalized spacial score (nSPS) is 15.2. The van der Waals surface area contributed by atoms with Gasteiger partial charge >= 0.3 is 0 Å². The summed E-state index contributed by atoms with van der Waals surface area (Å²) in [5.74, 6) is 1.48. The molecule has 1 heterocycles. The van der Waals surface area contributed by atoms with Crippen LogP contribution in [-0.4, -0.2) is 42.5 Å². The minimum absolute atomic E-state index is 0.152. The Balaban J connectivity index is 1.64. The van der Waals surface area contributed by atoms with Crippen LogP contribution in [0.2, 0.25) is 10.0 Å². The van der Waals surface area contributed by atoms with Crippen molar-refractivity contribution in [3.8, 4) is 17.2 Å². The monoisotopic (exact) mass is 469 g/mol. The van der Waals surface area contributed by atoms with Gasteiger partial charge in [-0.3, -0.25) is 9.69 Å². The number of carbonyl (C=O) groups excluding carboxylic acids is 1. The van der Waals surface area contributed by atoms with Crippen LogP contribution in [0.5, 0.6) is 17.2 Å². The summed E-state index contributed by atoms with van der Waals surface area (Å²) in [5.41, 5.74) is 0.687. The number of halogens is 2. The Labute approximate surface area is 188 Å². The number of benzene rings is 2. The summed E-state index contributed by atoms with van der Waals surface area (Å²) < 4.78 is 17.1. The van der Waals surface area contributed by atoms with E-state index in [0.29, 0.717) is 42.1 Å². The molecule has 0 radical (unpaired) electrons. The number of nitrogens with zero attached hydrogens (tertiary/aromatic N) is 1. The maximum absolute atomic E-state index is 12.1. The molecule has 1 fully saturated rings. The van der Waals surface area contributed by atoms with Crippen LogP contribution >= 0.6 is 47.2 Å². The molecule has 5 nitrogen and oxygen atoms in total. The summed E-state index contributed by atoms with van der Waals surface area (Å²) in [6.07, 6.45) is 1.70. The van der Waals surface area contributed by atoms with Gasteiger partial charge in [-0.25, -0.2) is 0 Å². The standard InChI is InChI=1S/C20H17Cl2NO4S2/c1-23-19(24)17(29-20(23)28)11-12-9-13(21)18(14(22)10-12)27-8-7-26-16-6-4-3-5-15(16)25-2/h3-6,9-11H,7-8H2,1-2H3. The van der Waals surface area contributed by atoms with Gasteiger partial charge in [-0.1, -0.05) is 59.3 Å². The lowest BCUT2D eigenvalue weighted by molar-refractivity contribution is -0.121. The molecule has 1 saturated heterocycles. The lowest BCUT2D eigenvalue weighted by Crippen LogP contribution is -2.22. The van der Waals surface area contributed by atoms with Crippen LogP contribution in [0.4, 0.5) is 0 Å². The molecule has 0 aliphatic carbocycles. The first-order valence-corrected chi connectivity index (χ1v) is 10.5. The zero-order valence-corrected chi connectivity index (χ0v) is 18.8. The number of thioether (sulfide) groups is 1. The van der Waals surface area contributed by atoms with Crippen LogP contribution in [-0.2, 0) is 4.79 Å². The SMILES string of the molecule is COc1ccccc1OCCOc1c(Cl)cc(C=C2SC(=S)N(C)C2=O)cc1Cl. The largest absolute Gasteiger partial charge is 0.493 e. The lowest BCUT2D eigenvalue weighted by atomic mass is 10.2. The van der Waals surface area contributed by atoms with Gasteiger partial charge in [0.1, 0.15) is 17.5 Å². The average Bonchev–Trinajstić information content (AvgIpc) is 2.93. The first kappa shape index (κ1) is 21.8. The first-order chi connectivity index (χ1) is 13.9. The van der Waals surface area contributed by atoms with Gasteiger partial charge in [0.2, 0.25) is 0 Å². The number of ether oxygens (including phenoxy) is 3. The summed E-state index contributed by atoms with van der Waals surface area (Å²) in [5, 5.41) is 0.682. The summed E-state index contributed by atoms with van der Waals surface area (Å²) in [6, 6.07) is 10.7. The predicted octanol–water partition coefficient (Wildman–Crippen LogP) is 5.29. The van der Waals surface area contributed by atoms with E-state index in [9.17, 15) is 4.79 Å². The number of methoxy groups -OCH3 is 1. The van der Waals surface area contributed by atoms with Crippen molar-refractivity contribution in [2.45, 2.75) is 0 Å². The molecular formula is C20H17Cl2NO4S2. The molecule has 0 saturated carbocycles. The molecule has 152 valence electrons. The van der Waals surface area contributed by atoms with Gasteiger partial charge in [0, 0.05) is 7.05 Å². The Hall–Kier alpha value is -1.93. The van der Waals surface area contributed by atoms with Crippen molar-refractivity contribution in [3.05, 3.63) is 56.9 Å². The van der Waals surface area contributed by atoms with Gasteiger partial charge in [-0.15, -0.1) is 0 Å². The molecule has 2 aromatic carbocycles. The van der Waals surface area contributed by atoms with E-state index in [0.717, 1.165) is 0 Å². The quantitative estimate of drug-likeness (QED) is 0.311. The zero-order valence-electron chi connectivity index (χ0n) is 15.6. The van der Waals surface area contributed by atoms with Crippen LogP contribution in [0.1, 0.15) is 5.56 Å². The Bertz CT molecular complexity index is 958. The number of para-hydroxylation sites is 2. The van der Waals surface area contributed by atoms with E-state index < -0.39 is 0 Å². The van der Waals surface area contributed by atoms with Gasteiger partial charge in [-0.05, 0) is 35.9 Å². The molecule has 0 aromatic heterocycles. The molecule has 1 aliphatic heterocycles. The van der Waals surface area contributed by atoms with E-state index in [1.807, 2.05) is 24.3 Å². The smallest absolute Gasteiger partial charge is 0.265 e. The first-order valence-electron chi connectivity index (χ1n) is 8.50. The fourth-order valence-corrected chi connectivity index (χ4v) is 4.32. The summed E-state index contributed by atoms with van der Waals surface area (Å²) in [6.45, 7) is 0.527. The highest BCUT2D eigenvalue weighted by Gasteiger charge is 2.28. The van der Waals surface area contributed by atoms with E-state index in [-0.39, 0.29) is 19.1 Å². The van der Waals surface area contributed by atoms with Crippen molar-refractivity contribution >= 4 is 63.5 Å². The van der Waals surface area contributed by atoms with Gasteiger partial charge in [0.05, 0.1) is 22.1 Å². The molecule has 2 aromatic rings. The topological polar surface area (TPSA) is 48.0 Å². The highest BCUT2D eigenvalue weighted by atomic mass is 35.5. The number of hydrogen-bond donors (Lipinski definition) is 0. The van der Waals surface area contributed by atoms with E-state index in [1.165, 1.54) is 16.7 Å². The second-order valence-electron chi connectivity index (χ2n) is 5.90. The van der Waals surface area contributed by atoms with E-state index in [2.05, 4.69) is 0 Å². The Morgan fingerprint density at radius 2 is 1.72 bits per heavy atom. The molecule has 0 bridgehead atoms. The van der Waals surface area contributed by atoms with E-state index in [1.54, 1.807) is 32.4 Å². The van der Waals surface area contributed by atoms with Crippen molar-refractivity contribution in [2.75, 3.05) is 27.4 Å². The molecular weight excluding hydrogens is 453 g/mol. The highest BCUT2D eigenvalue weighted by Crippen LogP contribution is 2.37. The highest BCUT2D eigenvalue weighted by molar-refractivity contribution is 8.26. The molecule has 0 atom stereocenters. The van der Waals surface area contributed by atoms with Gasteiger partial charge in [0.25, 0.3) is 5.91 Å². The van der Waals surface area contributed by atoms with E-state index in [4.69, 9.17) is 49.6 Å². The number of likely N-dealkylation sites (N-methyl/N-ethyl adjacent to an activating group) is 1. The van der Waals surface area contributed by atoms with Gasteiger partial charge < -0.3 is 14.2 Å². The van der Waals surface area contributed by atoms with Crippen molar-refractivity contribution in [1.82, 2.24) is 4.90 Å². The second kappa shape index (κ2) is 9.71. The third kappa shape index (κ3) is 5.17. The van der Waals surface area contributed by atoms with Crippen LogP contribution in [0.25, 0.3) is 6.08 Å². The van der Waals surface area contributed by atoms with Crippen LogP contribution in [0.15, 0.2) is 41.3 Å². The molecule has 9 heteroatoms. The number of hydrogen-bond acceptors (Lipinski definition) is 6. The molecule has 0 unspecified atom stereocenters. The Morgan fingerprint density at radius 3 is 2.31 bits per heavy atom. The molecule has 0 N–H and O–H groups in total. The summed E-state index contributed by atoms with van der Waals surface area (Å²) in [7, 11) is 3.22. The fraction of sp³-hybridized carbons (Fsp3) is 0.200. The van der Waals surface area contributed by atoms with Crippen molar-refractivity contribution < 1.29 is 19.0 Å².